The van der Waals surface area contributed by atoms with Gasteiger partial charge in [-0.3, -0.25) is 19.4 Å². The van der Waals surface area contributed by atoms with Gasteiger partial charge in [-0.05, 0) is 29.9 Å². The van der Waals surface area contributed by atoms with Crippen LogP contribution in [0.25, 0.3) is 0 Å². The second-order valence-electron chi connectivity index (χ2n) is 6.05. The standard InChI is InChI=1S/C17H22N4O4S/c22-16(23)10-20-7-5-18-6-8-21(11-17(24)25)15(9-20)13-1-3-14(4-2-13)19-12-26/h1-4,15,18H,5-11H2,(H,22,23)(H,24,25). The zero-order chi connectivity index (χ0) is 18.9. The topological polar surface area (TPSA) is 105 Å². The van der Waals surface area contributed by atoms with Gasteiger partial charge in [0.25, 0.3) is 0 Å². The van der Waals surface area contributed by atoms with E-state index < -0.39 is 11.9 Å². The number of rotatable bonds is 6. The number of nitrogens with zero attached hydrogens (tertiary/aromatic N) is 3. The Morgan fingerprint density at radius 3 is 2.42 bits per heavy atom. The highest BCUT2D eigenvalue weighted by atomic mass is 32.1. The number of carboxylic acid groups (broad SMARTS) is 2. The number of carbonyl (C=O) groups is 2. The minimum absolute atomic E-state index is 0.0909. The maximum Gasteiger partial charge on any atom is 0.317 e. The van der Waals surface area contributed by atoms with E-state index in [-0.39, 0.29) is 19.1 Å². The molecule has 1 aromatic carbocycles. The maximum atomic E-state index is 11.3. The van der Waals surface area contributed by atoms with Crippen molar-refractivity contribution in [3.63, 3.8) is 0 Å². The smallest absolute Gasteiger partial charge is 0.317 e. The molecule has 0 aliphatic carbocycles. The van der Waals surface area contributed by atoms with Crippen LogP contribution in [0.4, 0.5) is 5.69 Å². The quantitative estimate of drug-likeness (QED) is 0.494. The van der Waals surface area contributed by atoms with Gasteiger partial charge < -0.3 is 15.5 Å². The summed E-state index contributed by atoms with van der Waals surface area (Å²) in [6.45, 7) is 2.65. The molecule has 0 radical (unpaired) electrons. The number of hydrogen-bond donors (Lipinski definition) is 3. The third-order valence-electron chi connectivity index (χ3n) is 4.20. The molecular formula is C17H22N4O4S. The van der Waals surface area contributed by atoms with Crippen molar-refractivity contribution in [1.82, 2.24) is 15.1 Å². The average Bonchev–Trinajstić information content (AvgIpc) is 2.66. The zero-order valence-electron chi connectivity index (χ0n) is 14.3. The highest BCUT2D eigenvalue weighted by Gasteiger charge is 2.26. The second-order valence-corrected chi connectivity index (χ2v) is 6.24. The van der Waals surface area contributed by atoms with Crippen molar-refractivity contribution in [1.29, 1.82) is 0 Å². The minimum atomic E-state index is -0.916. The molecule has 8 nitrogen and oxygen atoms in total. The average molecular weight is 378 g/mol. The summed E-state index contributed by atoms with van der Waals surface area (Å²) in [7, 11) is 0. The Hall–Kier alpha value is -2.16. The number of thiocarbonyl (C=S) groups is 1. The molecular weight excluding hydrogens is 356 g/mol. The van der Waals surface area contributed by atoms with Gasteiger partial charge in [-0.15, -0.1) is 0 Å². The molecule has 1 unspecified atom stereocenters. The lowest BCUT2D eigenvalue weighted by Gasteiger charge is -2.33. The number of carboxylic acids is 2. The first-order valence-corrected chi connectivity index (χ1v) is 8.69. The number of isothiocyanates is 1. The lowest BCUT2D eigenvalue weighted by Crippen LogP contribution is -2.42. The highest BCUT2D eigenvalue weighted by Crippen LogP contribution is 2.24. The molecule has 140 valence electrons. The Bertz CT molecular complexity index is 676. The summed E-state index contributed by atoms with van der Waals surface area (Å²) < 4.78 is 0. The first kappa shape index (κ1) is 20.2. The summed E-state index contributed by atoms with van der Waals surface area (Å²) in [5.41, 5.74) is 1.58. The van der Waals surface area contributed by atoms with Gasteiger partial charge in [-0.2, -0.15) is 4.99 Å². The van der Waals surface area contributed by atoms with Gasteiger partial charge in [-0.1, -0.05) is 12.1 Å². The molecule has 0 spiro atoms. The zero-order valence-corrected chi connectivity index (χ0v) is 15.1. The van der Waals surface area contributed by atoms with Gasteiger partial charge in [0.1, 0.15) is 0 Å². The van der Waals surface area contributed by atoms with Crippen molar-refractivity contribution in [2.75, 3.05) is 45.8 Å². The van der Waals surface area contributed by atoms with Gasteiger partial charge in [0, 0.05) is 38.8 Å². The molecule has 0 saturated carbocycles. The van der Waals surface area contributed by atoms with Crippen LogP contribution in [0, 0.1) is 0 Å². The van der Waals surface area contributed by atoms with Crippen LogP contribution in [0.2, 0.25) is 0 Å². The summed E-state index contributed by atoms with van der Waals surface area (Å²) in [6.07, 6.45) is 0. The summed E-state index contributed by atoms with van der Waals surface area (Å²) in [5.74, 6) is -1.82. The van der Waals surface area contributed by atoms with Crippen LogP contribution >= 0.6 is 12.2 Å². The van der Waals surface area contributed by atoms with Crippen LogP contribution in [0.15, 0.2) is 29.3 Å². The number of nitrogens with one attached hydrogen (secondary N) is 1. The van der Waals surface area contributed by atoms with Gasteiger partial charge in [-0.25, -0.2) is 0 Å². The maximum absolute atomic E-state index is 11.3. The first-order chi connectivity index (χ1) is 12.5. The molecule has 1 aliphatic rings. The molecule has 2 rings (SSSR count). The normalized spacial score (nSPS) is 19.6. The predicted octanol–water partition coefficient (Wildman–Crippen LogP) is 0.838. The van der Waals surface area contributed by atoms with E-state index in [1.807, 2.05) is 21.9 Å². The van der Waals surface area contributed by atoms with Crippen molar-refractivity contribution >= 4 is 35.0 Å². The molecule has 1 aromatic rings. The summed E-state index contributed by atoms with van der Waals surface area (Å²) >= 11 is 4.60. The van der Waals surface area contributed by atoms with Gasteiger partial charge in [0.15, 0.2) is 0 Å². The SMILES string of the molecule is O=C(O)CN1CCNCCN(CC(=O)O)C(c2ccc(N=C=S)cc2)C1. The minimum Gasteiger partial charge on any atom is -0.480 e. The van der Waals surface area contributed by atoms with Crippen LogP contribution < -0.4 is 5.32 Å². The van der Waals surface area contributed by atoms with Crippen molar-refractivity contribution in [2.45, 2.75) is 6.04 Å². The Morgan fingerprint density at radius 1 is 1.15 bits per heavy atom. The van der Waals surface area contributed by atoms with Gasteiger partial charge in [0.05, 0.1) is 23.9 Å². The Labute approximate surface area is 157 Å². The monoisotopic (exact) mass is 378 g/mol. The summed E-state index contributed by atoms with van der Waals surface area (Å²) in [5, 5.41) is 24.0. The van der Waals surface area contributed by atoms with E-state index in [4.69, 9.17) is 5.11 Å². The third kappa shape index (κ3) is 6.29. The van der Waals surface area contributed by atoms with Crippen LogP contribution in [0.1, 0.15) is 11.6 Å². The number of benzene rings is 1. The van der Waals surface area contributed by atoms with Crippen molar-refractivity contribution in [3.05, 3.63) is 29.8 Å². The molecule has 0 bridgehead atoms. The Kier molecular flexibility index (Phi) is 7.83. The number of aliphatic carboxylic acids is 2. The van der Waals surface area contributed by atoms with E-state index in [0.29, 0.717) is 38.4 Å². The van der Waals surface area contributed by atoms with E-state index >= 15 is 0 Å². The van der Waals surface area contributed by atoms with Crippen LogP contribution in [0.3, 0.4) is 0 Å². The van der Waals surface area contributed by atoms with Crippen molar-refractivity contribution in [3.8, 4) is 0 Å². The molecule has 9 heteroatoms. The molecule has 1 aliphatic heterocycles. The van der Waals surface area contributed by atoms with Crippen LogP contribution in [-0.2, 0) is 9.59 Å². The first-order valence-electron chi connectivity index (χ1n) is 8.28. The van der Waals surface area contributed by atoms with Crippen molar-refractivity contribution in [2.24, 2.45) is 4.99 Å². The molecule has 0 amide bonds. The number of hydrogen-bond acceptors (Lipinski definition) is 7. The second kappa shape index (κ2) is 10.1. The lowest BCUT2D eigenvalue weighted by molar-refractivity contribution is -0.140. The molecule has 26 heavy (non-hydrogen) atoms. The fourth-order valence-electron chi connectivity index (χ4n) is 3.03. The Balaban J connectivity index is 2.32. The van der Waals surface area contributed by atoms with E-state index in [0.717, 1.165) is 5.56 Å². The fraction of sp³-hybridized carbons (Fsp3) is 0.471. The lowest BCUT2D eigenvalue weighted by atomic mass is 10.0. The van der Waals surface area contributed by atoms with Crippen LogP contribution in [0.5, 0.6) is 0 Å². The van der Waals surface area contributed by atoms with Crippen LogP contribution in [-0.4, -0.2) is 82.9 Å². The van der Waals surface area contributed by atoms with E-state index in [2.05, 4.69) is 27.7 Å². The highest BCUT2D eigenvalue weighted by molar-refractivity contribution is 7.78. The Morgan fingerprint density at radius 2 is 1.81 bits per heavy atom. The van der Waals surface area contributed by atoms with Gasteiger partial charge >= 0.3 is 11.9 Å². The largest absolute Gasteiger partial charge is 0.480 e. The predicted molar refractivity (Wildman–Crippen MR) is 100 cm³/mol. The van der Waals surface area contributed by atoms with Gasteiger partial charge in [0.2, 0.25) is 0 Å². The summed E-state index contributed by atoms with van der Waals surface area (Å²) in [6, 6.07) is 7.08. The molecule has 1 fully saturated rings. The molecule has 0 aromatic heterocycles. The molecule has 3 N–H and O–H groups in total. The number of aliphatic imine (C=N–C) groups is 1. The fourth-order valence-corrected chi connectivity index (χ4v) is 3.14. The summed E-state index contributed by atoms with van der Waals surface area (Å²) in [4.78, 5) is 30.1. The van der Waals surface area contributed by atoms with E-state index in [1.165, 1.54) is 0 Å². The van der Waals surface area contributed by atoms with Crippen molar-refractivity contribution < 1.29 is 19.8 Å². The third-order valence-corrected chi connectivity index (χ3v) is 4.29. The van der Waals surface area contributed by atoms with E-state index in [9.17, 15) is 14.7 Å². The van der Waals surface area contributed by atoms with E-state index in [1.54, 1.807) is 12.1 Å². The molecule has 1 atom stereocenters. The molecule has 1 heterocycles. The molecule has 1 saturated heterocycles.